The molecule has 2 rings (SSSR count). The van der Waals surface area contributed by atoms with Gasteiger partial charge in [0.2, 0.25) is 0 Å². The Morgan fingerprint density at radius 3 is 2.80 bits per heavy atom. The van der Waals surface area contributed by atoms with Crippen LogP contribution in [-0.2, 0) is 0 Å². The van der Waals surface area contributed by atoms with Crippen molar-refractivity contribution in [2.24, 2.45) is 5.73 Å². The van der Waals surface area contributed by atoms with E-state index in [0.717, 1.165) is 38.2 Å². The van der Waals surface area contributed by atoms with Gasteiger partial charge in [-0.25, -0.2) is 0 Å². The van der Waals surface area contributed by atoms with Crippen LogP contribution in [-0.4, -0.2) is 49.1 Å². The number of halogens is 2. The zero-order valence-corrected chi connectivity index (χ0v) is 13.7. The molecule has 1 fully saturated rings. The van der Waals surface area contributed by atoms with Crippen LogP contribution in [0.3, 0.4) is 0 Å². The van der Waals surface area contributed by atoms with Crippen molar-refractivity contribution in [1.82, 2.24) is 9.80 Å². The molecular weight excluding hydrogens is 293 g/mol. The lowest BCUT2D eigenvalue weighted by Crippen LogP contribution is -2.50. The third-order valence-electron chi connectivity index (χ3n) is 4.18. The topological polar surface area (TPSA) is 32.5 Å². The van der Waals surface area contributed by atoms with E-state index >= 15 is 0 Å². The van der Waals surface area contributed by atoms with Gasteiger partial charge in [-0.05, 0) is 32.0 Å². The minimum Gasteiger partial charge on any atom is -0.324 e. The molecular formula is C15H23Cl2N3. The molecule has 0 bridgehead atoms. The Labute approximate surface area is 131 Å². The van der Waals surface area contributed by atoms with Crippen LogP contribution >= 0.6 is 23.2 Å². The highest BCUT2D eigenvalue weighted by atomic mass is 35.5. The number of nitrogens with zero attached hydrogens (tertiary/aromatic N) is 2. The number of nitrogens with two attached hydrogens (primary N) is 1. The molecule has 5 heteroatoms. The molecule has 3 nitrogen and oxygen atoms in total. The molecule has 0 radical (unpaired) electrons. The Hall–Kier alpha value is -0.320. The van der Waals surface area contributed by atoms with Crippen LogP contribution < -0.4 is 5.73 Å². The van der Waals surface area contributed by atoms with Gasteiger partial charge in [0.25, 0.3) is 0 Å². The van der Waals surface area contributed by atoms with Crippen LogP contribution in [0.5, 0.6) is 0 Å². The van der Waals surface area contributed by atoms with Crippen molar-refractivity contribution in [3.05, 3.63) is 33.8 Å². The van der Waals surface area contributed by atoms with Crippen molar-refractivity contribution in [2.75, 3.05) is 33.2 Å². The van der Waals surface area contributed by atoms with E-state index in [-0.39, 0.29) is 6.04 Å². The van der Waals surface area contributed by atoms with Crippen molar-refractivity contribution in [2.45, 2.75) is 25.4 Å². The molecule has 1 aliphatic heterocycles. The average Bonchev–Trinajstić information content (AvgIpc) is 2.43. The van der Waals surface area contributed by atoms with Crippen molar-refractivity contribution in [3.8, 4) is 0 Å². The van der Waals surface area contributed by atoms with Crippen molar-refractivity contribution >= 4 is 23.2 Å². The van der Waals surface area contributed by atoms with Crippen LogP contribution in [0.4, 0.5) is 0 Å². The van der Waals surface area contributed by atoms with Crippen LogP contribution in [0.25, 0.3) is 0 Å². The number of piperazine rings is 1. The van der Waals surface area contributed by atoms with Gasteiger partial charge < -0.3 is 15.5 Å². The van der Waals surface area contributed by atoms with Crippen LogP contribution in [0.1, 0.15) is 24.9 Å². The average molecular weight is 316 g/mol. The third kappa shape index (κ3) is 3.86. The molecule has 1 aliphatic rings. The maximum Gasteiger partial charge on any atom is 0.0640 e. The summed E-state index contributed by atoms with van der Waals surface area (Å²) < 4.78 is 0. The molecule has 2 unspecified atom stereocenters. The van der Waals surface area contributed by atoms with Crippen LogP contribution in [0.2, 0.25) is 10.0 Å². The Morgan fingerprint density at radius 1 is 1.35 bits per heavy atom. The van der Waals surface area contributed by atoms with E-state index in [0.29, 0.717) is 16.1 Å². The van der Waals surface area contributed by atoms with Gasteiger partial charge in [-0.3, -0.25) is 0 Å². The van der Waals surface area contributed by atoms with Crippen molar-refractivity contribution in [3.63, 3.8) is 0 Å². The van der Waals surface area contributed by atoms with Gasteiger partial charge in [0.15, 0.2) is 0 Å². The summed E-state index contributed by atoms with van der Waals surface area (Å²) in [4.78, 5) is 4.87. The highest BCUT2D eigenvalue weighted by molar-refractivity contribution is 6.42. The molecule has 1 aromatic carbocycles. The van der Waals surface area contributed by atoms with Gasteiger partial charge >= 0.3 is 0 Å². The minimum absolute atomic E-state index is 0.0591. The molecule has 2 N–H and O–H groups in total. The molecule has 20 heavy (non-hydrogen) atoms. The lowest BCUT2D eigenvalue weighted by Gasteiger charge is -2.38. The van der Waals surface area contributed by atoms with E-state index in [1.54, 1.807) is 6.07 Å². The summed E-state index contributed by atoms with van der Waals surface area (Å²) in [6, 6.07) is 6.21. The predicted octanol–water partition coefficient (Wildman–Crippen LogP) is 3.02. The number of hydrogen-bond acceptors (Lipinski definition) is 3. The molecule has 0 saturated carbocycles. The summed E-state index contributed by atoms with van der Waals surface area (Å²) in [6.45, 7) is 6.60. The molecule has 0 aliphatic carbocycles. The summed E-state index contributed by atoms with van der Waals surface area (Å²) in [7, 11) is 2.18. The first-order valence-electron chi connectivity index (χ1n) is 7.11. The number of rotatable bonds is 4. The predicted molar refractivity (Wildman–Crippen MR) is 86.5 cm³/mol. The molecule has 1 heterocycles. The van der Waals surface area contributed by atoms with Gasteiger partial charge in [-0.15, -0.1) is 0 Å². The van der Waals surface area contributed by atoms with E-state index in [9.17, 15) is 0 Å². The Balaban J connectivity index is 1.89. The second kappa shape index (κ2) is 7.10. The summed E-state index contributed by atoms with van der Waals surface area (Å²) in [5, 5.41) is 1.17. The van der Waals surface area contributed by atoms with Crippen LogP contribution in [0.15, 0.2) is 18.2 Å². The molecule has 1 saturated heterocycles. The van der Waals surface area contributed by atoms with Crippen molar-refractivity contribution < 1.29 is 0 Å². The summed E-state index contributed by atoms with van der Waals surface area (Å²) in [5.74, 6) is 0. The Bertz CT molecular complexity index is 453. The molecule has 0 aromatic heterocycles. The first-order chi connectivity index (χ1) is 9.49. The second-order valence-electron chi connectivity index (χ2n) is 5.67. The number of hydrogen-bond donors (Lipinski definition) is 1. The highest BCUT2D eigenvalue weighted by Crippen LogP contribution is 2.30. The third-order valence-corrected chi connectivity index (χ3v) is 5.01. The normalized spacial score (nSPS) is 22.9. The fraction of sp³-hybridized carbons (Fsp3) is 0.600. The fourth-order valence-electron chi connectivity index (χ4n) is 2.61. The largest absolute Gasteiger partial charge is 0.324 e. The van der Waals surface area contributed by atoms with Gasteiger partial charge in [0, 0.05) is 38.3 Å². The fourth-order valence-corrected chi connectivity index (χ4v) is 3.06. The number of likely N-dealkylation sites (N-methyl/N-ethyl adjacent to an activating group) is 1. The van der Waals surface area contributed by atoms with E-state index in [1.807, 2.05) is 12.1 Å². The molecule has 2 atom stereocenters. The summed E-state index contributed by atoms with van der Waals surface area (Å²) >= 11 is 12.3. The SMILES string of the molecule is CC1CN(CCC(N)c2cccc(Cl)c2Cl)CCN1C. The minimum atomic E-state index is -0.0591. The Kier molecular flexibility index (Phi) is 5.70. The maximum absolute atomic E-state index is 6.26. The van der Waals surface area contributed by atoms with E-state index in [4.69, 9.17) is 28.9 Å². The lowest BCUT2D eigenvalue weighted by molar-refractivity contribution is 0.103. The van der Waals surface area contributed by atoms with Gasteiger partial charge in [-0.1, -0.05) is 35.3 Å². The first-order valence-corrected chi connectivity index (χ1v) is 7.86. The van der Waals surface area contributed by atoms with Crippen molar-refractivity contribution in [1.29, 1.82) is 0 Å². The summed E-state index contributed by atoms with van der Waals surface area (Å²) in [5.41, 5.74) is 7.21. The quantitative estimate of drug-likeness (QED) is 0.927. The first kappa shape index (κ1) is 16.1. The smallest absolute Gasteiger partial charge is 0.0640 e. The van der Waals surface area contributed by atoms with E-state index in [2.05, 4.69) is 23.8 Å². The molecule has 0 spiro atoms. The monoisotopic (exact) mass is 315 g/mol. The van der Waals surface area contributed by atoms with E-state index < -0.39 is 0 Å². The standard InChI is InChI=1S/C15H23Cl2N3/c1-11-10-20(9-8-19(11)2)7-6-14(18)12-4-3-5-13(16)15(12)17/h3-5,11,14H,6-10,18H2,1-2H3. The maximum atomic E-state index is 6.26. The van der Waals surface area contributed by atoms with E-state index in [1.165, 1.54) is 0 Å². The zero-order valence-electron chi connectivity index (χ0n) is 12.1. The molecule has 112 valence electrons. The van der Waals surface area contributed by atoms with Gasteiger partial charge in [-0.2, -0.15) is 0 Å². The van der Waals surface area contributed by atoms with Crippen LogP contribution in [0, 0.1) is 0 Å². The summed E-state index contributed by atoms with van der Waals surface area (Å²) in [6.07, 6.45) is 0.899. The molecule has 1 aromatic rings. The van der Waals surface area contributed by atoms with Gasteiger partial charge in [0.05, 0.1) is 10.0 Å². The Morgan fingerprint density at radius 2 is 2.10 bits per heavy atom. The van der Waals surface area contributed by atoms with Gasteiger partial charge in [0.1, 0.15) is 0 Å². The lowest BCUT2D eigenvalue weighted by atomic mass is 10.0. The second-order valence-corrected chi connectivity index (χ2v) is 6.45. The molecule has 0 amide bonds. The zero-order chi connectivity index (χ0) is 14.7. The number of benzene rings is 1. The highest BCUT2D eigenvalue weighted by Gasteiger charge is 2.21.